The summed E-state index contributed by atoms with van der Waals surface area (Å²) in [6.45, 7) is 0.458. The SMILES string of the molecule is NC(=O)C[C@H]1CN(C(=O)c2cccc(C(F)(F)F)c2)CC[C@@H]1Oc1cccc(Br)c1. The molecule has 1 heterocycles. The molecule has 0 saturated carbocycles. The summed E-state index contributed by atoms with van der Waals surface area (Å²) in [5.74, 6) is -0.806. The topological polar surface area (TPSA) is 72.6 Å². The quantitative estimate of drug-likeness (QED) is 0.689. The van der Waals surface area contributed by atoms with Crippen LogP contribution in [0.4, 0.5) is 13.2 Å². The molecular formula is C21H20BrF3N2O3. The lowest BCUT2D eigenvalue weighted by molar-refractivity contribution is -0.137. The number of benzene rings is 2. The predicted molar refractivity (Wildman–Crippen MR) is 108 cm³/mol. The predicted octanol–water partition coefficient (Wildman–Crippen LogP) is 4.25. The summed E-state index contributed by atoms with van der Waals surface area (Å²) in [6.07, 6.45) is -4.45. The van der Waals surface area contributed by atoms with Crippen LogP contribution in [0.5, 0.6) is 5.75 Å². The van der Waals surface area contributed by atoms with Crippen molar-refractivity contribution in [3.63, 3.8) is 0 Å². The van der Waals surface area contributed by atoms with E-state index in [0.29, 0.717) is 18.7 Å². The van der Waals surface area contributed by atoms with E-state index in [0.717, 1.165) is 16.6 Å². The maximum absolute atomic E-state index is 13.0. The van der Waals surface area contributed by atoms with Crippen molar-refractivity contribution in [3.8, 4) is 5.75 Å². The summed E-state index contributed by atoms with van der Waals surface area (Å²) in [5.41, 5.74) is 4.45. The van der Waals surface area contributed by atoms with Crippen molar-refractivity contribution in [1.29, 1.82) is 0 Å². The van der Waals surface area contributed by atoms with E-state index in [4.69, 9.17) is 10.5 Å². The number of ether oxygens (including phenoxy) is 1. The molecule has 0 radical (unpaired) electrons. The molecule has 2 aromatic carbocycles. The summed E-state index contributed by atoms with van der Waals surface area (Å²) >= 11 is 3.37. The van der Waals surface area contributed by atoms with Gasteiger partial charge < -0.3 is 15.4 Å². The van der Waals surface area contributed by atoms with Crippen LogP contribution in [0.1, 0.15) is 28.8 Å². The first-order valence-corrected chi connectivity index (χ1v) is 10.1. The highest BCUT2D eigenvalue weighted by Crippen LogP contribution is 2.31. The number of likely N-dealkylation sites (tertiary alicyclic amines) is 1. The fourth-order valence-corrected chi connectivity index (χ4v) is 3.91. The third-order valence-corrected chi connectivity index (χ3v) is 5.43. The van der Waals surface area contributed by atoms with E-state index in [2.05, 4.69) is 15.9 Å². The van der Waals surface area contributed by atoms with Gasteiger partial charge in [0.1, 0.15) is 11.9 Å². The summed E-state index contributed by atoms with van der Waals surface area (Å²) in [5, 5.41) is 0. The maximum atomic E-state index is 13.0. The van der Waals surface area contributed by atoms with Crippen LogP contribution in [0.15, 0.2) is 53.0 Å². The van der Waals surface area contributed by atoms with Crippen LogP contribution in [0.3, 0.4) is 0 Å². The van der Waals surface area contributed by atoms with Crippen molar-refractivity contribution in [1.82, 2.24) is 4.90 Å². The Bertz CT molecular complexity index is 936. The molecule has 1 aliphatic heterocycles. The van der Waals surface area contributed by atoms with Crippen molar-refractivity contribution in [2.24, 2.45) is 11.7 Å². The molecule has 5 nitrogen and oxygen atoms in total. The molecule has 2 aromatic rings. The molecule has 1 saturated heterocycles. The number of alkyl halides is 3. The first kappa shape index (κ1) is 22.1. The van der Waals surface area contributed by atoms with Gasteiger partial charge in [0.2, 0.25) is 5.91 Å². The van der Waals surface area contributed by atoms with Crippen molar-refractivity contribution in [2.45, 2.75) is 25.1 Å². The zero-order valence-electron chi connectivity index (χ0n) is 15.9. The number of piperidine rings is 1. The molecule has 160 valence electrons. The minimum Gasteiger partial charge on any atom is -0.490 e. The van der Waals surface area contributed by atoms with E-state index in [-0.39, 0.29) is 30.6 Å². The molecule has 0 spiro atoms. The van der Waals surface area contributed by atoms with Gasteiger partial charge in [-0.3, -0.25) is 9.59 Å². The summed E-state index contributed by atoms with van der Waals surface area (Å²) in [7, 11) is 0. The van der Waals surface area contributed by atoms with Gasteiger partial charge in [0.15, 0.2) is 0 Å². The van der Waals surface area contributed by atoms with Gasteiger partial charge in [0.05, 0.1) is 5.56 Å². The van der Waals surface area contributed by atoms with Crippen LogP contribution >= 0.6 is 15.9 Å². The summed E-state index contributed by atoms with van der Waals surface area (Å²) < 4.78 is 45.8. The molecule has 0 unspecified atom stereocenters. The number of halogens is 4. The molecule has 2 atom stereocenters. The lowest BCUT2D eigenvalue weighted by Crippen LogP contribution is -2.49. The number of primary amides is 1. The molecule has 2 amide bonds. The molecule has 1 aliphatic rings. The van der Waals surface area contributed by atoms with Crippen LogP contribution in [-0.4, -0.2) is 35.9 Å². The molecular weight excluding hydrogens is 465 g/mol. The van der Waals surface area contributed by atoms with Gasteiger partial charge >= 0.3 is 6.18 Å². The van der Waals surface area contributed by atoms with Crippen LogP contribution < -0.4 is 10.5 Å². The van der Waals surface area contributed by atoms with Gasteiger partial charge in [-0.05, 0) is 36.4 Å². The van der Waals surface area contributed by atoms with Gasteiger partial charge in [-0.2, -0.15) is 13.2 Å². The van der Waals surface area contributed by atoms with Gasteiger partial charge in [-0.15, -0.1) is 0 Å². The lowest BCUT2D eigenvalue weighted by atomic mass is 9.90. The normalized spacial score (nSPS) is 19.4. The first-order valence-electron chi connectivity index (χ1n) is 9.30. The molecule has 3 rings (SSSR count). The van der Waals surface area contributed by atoms with Crippen LogP contribution in [0.25, 0.3) is 0 Å². The number of hydrogen-bond acceptors (Lipinski definition) is 3. The van der Waals surface area contributed by atoms with Crippen LogP contribution in [-0.2, 0) is 11.0 Å². The van der Waals surface area contributed by atoms with E-state index in [1.807, 2.05) is 12.1 Å². The third-order valence-electron chi connectivity index (χ3n) is 4.94. The van der Waals surface area contributed by atoms with E-state index >= 15 is 0 Å². The fraction of sp³-hybridized carbons (Fsp3) is 0.333. The van der Waals surface area contributed by atoms with Gasteiger partial charge in [0, 0.05) is 41.9 Å². The summed E-state index contributed by atoms with van der Waals surface area (Å²) in [4.78, 5) is 25.8. The molecule has 30 heavy (non-hydrogen) atoms. The highest BCUT2D eigenvalue weighted by molar-refractivity contribution is 9.10. The van der Waals surface area contributed by atoms with E-state index in [1.54, 1.807) is 12.1 Å². The lowest BCUT2D eigenvalue weighted by Gasteiger charge is -2.38. The third kappa shape index (κ3) is 5.53. The van der Waals surface area contributed by atoms with Crippen molar-refractivity contribution < 1.29 is 27.5 Å². The number of carbonyl (C=O) groups is 2. The maximum Gasteiger partial charge on any atom is 0.416 e. The minimum atomic E-state index is -4.53. The van der Waals surface area contributed by atoms with Gasteiger partial charge in [-0.1, -0.05) is 28.1 Å². The average molecular weight is 485 g/mol. The Kier molecular flexibility index (Phi) is 6.70. The number of hydrogen-bond donors (Lipinski definition) is 1. The summed E-state index contributed by atoms with van der Waals surface area (Å²) in [6, 6.07) is 11.6. The molecule has 2 N–H and O–H groups in total. The molecule has 0 aromatic heterocycles. The standard InChI is InChI=1S/C21H20BrF3N2O3/c22-16-5-2-6-17(11-16)30-18-7-8-27(12-14(18)10-19(26)28)20(29)13-3-1-4-15(9-13)21(23,24)25/h1-6,9,11,14,18H,7-8,10,12H2,(H2,26,28)/t14-,18-/m0/s1. The van der Waals surface area contributed by atoms with Crippen molar-refractivity contribution >= 4 is 27.7 Å². The van der Waals surface area contributed by atoms with Crippen molar-refractivity contribution in [2.75, 3.05) is 13.1 Å². The highest BCUT2D eigenvalue weighted by atomic mass is 79.9. The van der Waals surface area contributed by atoms with Crippen LogP contribution in [0.2, 0.25) is 0 Å². The first-order chi connectivity index (χ1) is 14.1. The van der Waals surface area contributed by atoms with Crippen molar-refractivity contribution in [3.05, 3.63) is 64.1 Å². The molecule has 0 aliphatic carbocycles. The largest absolute Gasteiger partial charge is 0.490 e. The Morgan fingerprint density at radius 1 is 1.17 bits per heavy atom. The zero-order chi connectivity index (χ0) is 21.9. The highest BCUT2D eigenvalue weighted by Gasteiger charge is 2.35. The Morgan fingerprint density at radius 2 is 1.90 bits per heavy atom. The van der Waals surface area contributed by atoms with Gasteiger partial charge in [0.25, 0.3) is 5.91 Å². The van der Waals surface area contributed by atoms with Crippen LogP contribution in [0, 0.1) is 5.92 Å². The van der Waals surface area contributed by atoms with Gasteiger partial charge in [-0.25, -0.2) is 0 Å². The number of amides is 2. The monoisotopic (exact) mass is 484 g/mol. The number of nitrogens with zero attached hydrogens (tertiary/aromatic N) is 1. The number of nitrogens with two attached hydrogens (primary N) is 1. The number of rotatable bonds is 5. The molecule has 1 fully saturated rings. The smallest absolute Gasteiger partial charge is 0.416 e. The second kappa shape index (κ2) is 9.07. The zero-order valence-corrected chi connectivity index (χ0v) is 17.4. The Labute approximate surface area is 180 Å². The minimum absolute atomic E-state index is 0.00500. The fourth-order valence-electron chi connectivity index (χ4n) is 3.53. The average Bonchev–Trinajstić information content (AvgIpc) is 2.68. The van der Waals surface area contributed by atoms with E-state index in [1.165, 1.54) is 17.0 Å². The second-order valence-corrected chi connectivity index (χ2v) is 8.08. The van der Waals surface area contributed by atoms with E-state index in [9.17, 15) is 22.8 Å². The molecule has 9 heteroatoms. The Balaban J connectivity index is 1.76. The second-order valence-electron chi connectivity index (χ2n) is 7.16. The van der Waals surface area contributed by atoms with E-state index < -0.39 is 23.6 Å². The molecule has 0 bridgehead atoms. The number of carbonyl (C=O) groups excluding carboxylic acids is 2. The Morgan fingerprint density at radius 3 is 2.57 bits per heavy atom. The Hall–Kier alpha value is -2.55.